The summed E-state index contributed by atoms with van der Waals surface area (Å²) in [6.45, 7) is 2.97. The van der Waals surface area contributed by atoms with Crippen LogP contribution in [0.15, 0.2) is 29.2 Å². The first-order valence-electron chi connectivity index (χ1n) is 8.92. The molecule has 12 heteroatoms. The number of halogens is 4. The number of nitrogens with zero attached hydrogens (tertiary/aromatic N) is 3. The van der Waals surface area contributed by atoms with Crippen molar-refractivity contribution in [3.05, 3.63) is 62.3 Å². The molecule has 3 N–H and O–H groups in total. The van der Waals surface area contributed by atoms with E-state index >= 15 is 0 Å². The average molecular weight is 456 g/mol. The van der Waals surface area contributed by atoms with E-state index in [1.54, 1.807) is 0 Å². The zero-order valence-corrected chi connectivity index (χ0v) is 17.3. The third-order valence-corrected chi connectivity index (χ3v) is 4.86. The second kappa shape index (κ2) is 8.06. The third-order valence-electron chi connectivity index (χ3n) is 4.64. The number of carboxylic acid groups (broad SMARTS) is 1. The Balaban J connectivity index is 2.24. The normalized spacial score (nSPS) is 12.6. The summed E-state index contributed by atoms with van der Waals surface area (Å²) in [4.78, 5) is 32.2. The summed E-state index contributed by atoms with van der Waals surface area (Å²) < 4.78 is 41.4. The molecule has 0 aliphatic carbocycles. The van der Waals surface area contributed by atoms with Crippen molar-refractivity contribution >= 4 is 34.7 Å². The van der Waals surface area contributed by atoms with Gasteiger partial charge in [0.25, 0.3) is 5.56 Å². The predicted molar refractivity (Wildman–Crippen MR) is 109 cm³/mol. The zero-order valence-electron chi connectivity index (χ0n) is 16.5. The molecule has 0 aliphatic rings. The maximum absolute atomic E-state index is 13.5. The zero-order chi connectivity index (χ0) is 23.1. The first-order chi connectivity index (χ1) is 14.4. The highest BCUT2D eigenvalue weighted by atomic mass is 35.5. The number of hydrogen-bond donors (Lipinski definition) is 3. The van der Waals surface area contributed by atoms with Crippen molar-refractivity contribution in [1.82, 2.24) is 14.4 Å². The Hall–Kier alpha value is -3.34. The van der Waals surface area contributed by atoms with Gasteiger partial charge in [0, 0.05) is 18.8 Å². The van der Waals surface area contributed by atoms with Crippen LogP contribution in [-0.2, 0) is 6.18 Å². The highest BCUT2D eigenvalue weighted by molar-refractivity contribution is 6.29. The van der Waals surface area contributed by atoms with Gasteiger partial charge in [-0.3, -0.25) is 9.20 Å². The van der Waals surface area contributed by atoms with E-state index in [0.717, 1.165) is 10.5 Å². The Morgan fingerprint density at radius 3 is 2.55 bits per heavy atom. The lowest BCUT2D eigenvalue weighted by molar-refractivity contribution is -0.137. The monoisotopic (exact) mass is 455 g/mol. The predicted octanol–water partition coefficient (Wildman–Crippen LogP) is 3.98. The van der Waals surface area contributed by atoms with Crippen molar-refractivity contribution in [1.29, 1.82) is 0 Å². The molecule has 31 heavy (non-hydrogen) atoms. The number of carboxylic acids is 1. The molecule has 0 aromatic carbocycles. The molecule has 0 saturated heterocycles. The number of nitrogens with one attached hydrogen (secondary N) is 2. The van der Waals surface area contributed by atoms with E-state index in [-0.39, 0.29) is 33.4 Å². The van der Waals surface area contributed by atoms with E-state index < -0.39 is 35.0 Å². The van der Waals surface area contributed by atoms with Crippen LogP contribution < -0.4 is 16.2 Å². The smallest absolute Gasteiger partial charge is 0.417 e. The van der Waals surface area contributed by atoms with Crippen molar-refractivity contribution in [3.8, 4) is 0 Å². The molecule has 1 unspecified atom stereocenters. The van der Waals surface area contributed by atoms with E-state index in [1.165, 1.54) is 33.0 Å². The Bertz CT molecular complexity index is 1240. The van der Waals surface area contributed by atoms with Crippen LogP contribution in [0.4, 0.5) is 24.7 Å². The third kappa shape index (κ3) is 4.26. The minimum Gasteiger partial charge on any atom is -0.476 e. The van der Waals surface area contributed by atoms with Crippen molar-refractivity contribution in [2.75, 3.05) is 17.7 Å². The van der Waals surface area contributed by atoms with Crippen LogP contribution in [0.1, 0.15) is 40.1 Å². The molecule has 0 radical (unpaired) electrons. The molecule has 3 heterocycles. The SMILES string of the molecule is CNc1nc2c(C(C)Nc3ccc(Cl)nc3C(=O)O)cc(C(F)(F)F)cn2c(=O)c1C. The second-order valence-corrected chi connectivity index (χ2v) is 7.10. The van der Waals surface area contributed by atoms with Crippen LogP contribution in [-0.4, -0.2) is 32.5 Å². The number of rotatable bonds is 5. The second-order valence-electron chi connectivity index (χ2n) is 6.72. The number of alkyl halides is 3. The van der Waals surface area contributed by atoms with Gasteiger partial charge in [0.2, 0.25) is 0 Å². The van der Waals surface area contributed by atoms with Gasteiger partial charge < -0.3 is 15.7 Å². The maximum atomic E-state index is 13.5. The van der Waals surface area contributed by atoms with Crippen molar-refractivity contribution in [2.24, 2.45) is 0 Å². The molecule has 0 amide bonds. The fraction of sp³-hybridized carbons (Fsp3) is 0.263. The number of aromatic nitrogens is 3. The number of hydrogen-bond acceptors (Lipinski definition) is 6. The molecular formula is C19H17ClF3N5O3. The molecule has 0 aliphatic heterocycles. The summed E-state index contributed by atoms with van der Waals surface area (Å²) in [6.07, 6.45) is -4.02. The van der Waals surface area contributed by atoms with Gasteiger partial charge in [-0.15, -0.1) is 0 Å². The van der Waals surface area contributed by atoms with E-state index in [4.69, 9.17) is 11.6 Å². The summed E-state index contributed by atoms with van der Waals surface area (Å²) in [5.74, 6) is -1.15. The molecule has 0 spiro atoms. The van der Waals surface area contributed by atoms with Crippen LogP contribution in [0.2, 0.25) is 5.15 Å². The number of pyridine rings is 2. The molecule has 164 valence electrons. The minimum atomic E-state index is -4.72. The van der Waals surface area contributed by atoms with Crippen LogP contribution in [0.25, 0.3) is 5.65 Å². The highest BCUT2D eigenvalue weighted by Gasteiger charge is 2.33. The summed E-state index contributed by atoms with van der Waals surface area (Å²) in [6, 6.07) is 2.70. The molecule has 8 nitrogen and oxygen atoms in total. The molecule has 0 fully saturated rings. The highest BCUT2D eigenvalue weighted by Crippen LogP contribution is 2.33. The van der Waals surface area contributed by atoms with Crippen molar-refractivity contribution in [3.63, 3.8) is 0 Å². The largest absolute Gasteiger partial charge is 0.476 e. The Labute approximate surface area is 178 Å². The standard InChI is InChI=1S/C19H17ClF3N5O3/c1-8-15(24-3)27-16-11(6-10(19(21,22)23)7-28(16)17(8)29)9(2)25-12-4-5-13(20)26-14(12)18(30)31/h4-7,9,24-25H,1-3H3,(H,30,31). The minimum absolute atomic E-state index is 0.00764. The summed E-state index contributed by atoms with van der Waals surface area (Å²) in [5, 5.41) is 14.9. The van der Waals surface area contributed by atoms with E-state index in [1.807, 2.05) is 0 Å². The van der Waals surface area contributed by atoms with E-state index in [2.05, 4.69) is 20.6 Å². The lowest BCUT2D eigenvalue weighted by Gasteiger charge is -2.21. The topological polar surface area (TPSA) is 109 Å². The Morgan fingerprint density at radius 2 is 1.97 bits per heavy atom. The lowest BCUT2D eigenvalue weighted by Crippen LogP contribution is -2.24. The van der Waals surface area contributed by atoms with Crippen LogP contribution in [0, 0.1) is 6.92 Å². The Morgan fingerprint density at radius 1 is 1.29 bits per heavy atom. The average Bonchev–Trinajstić information content (AvgIpc) is 2.70. The lowest BCUT2D eigenvalue weighted by atomic mass is 10.1. The fourth-order valence-electron chi connectivity index (χ4n) is 3.10. The molecular weight excluding hydrogens is 439 g/mol. The van der Waals surface area contributed by atoms with Crippen molar-refractivity contribution < 1.29 is 23.1 Å². The molecule has 0 saturated carbocycles. The van der Waals surface area contributed by atoms with Gasteiger partial charge in [0.1, 0.15) is 16.6 Å². The number of fused-ring (bicyclic) bond motifs is 1. The molecule has 0 bridgehead atoms. The number of aromatic carboxylic acids is 1. The van der Waals surface area contributed by atoms with Gasteiger partial charge in [0.05, 0.1) is 22.9 Å². The number of carbonyl (C=O) groups is 1. The number of anilines is 2. The van der Waals surface area contributed by atoms with Gasteiger partial charge in [-0.25, -0.2) is 14.8 Å². The maximum Gasteiger partial charge on any atom is 0.417 e. The molecule has 3 rings (SSSR count). The first kappa shape index (κ1) is 22.3. The quantitative estimate of drug-likeness (QED) is 0.499. The molecule has 3 aromatic rings. The van der Waals surface area contributed by atoms with E-state index in [0.29, 0.717) is 6.20 Å². The molecule has 1 atom stereocenters. The first-order valence-corrected chi connectivity index (χ1v) is 9.30. The summed E-state index contributed by atoms with van der Waals surface area (Å²) in [5.41, 5.74) is -1.87. The van der Waals surface area contributed by atoms with Crippen LogP contribution in [0.5, 0.6) is 0 Å². The summed E-state index contributed by atoms with van der Waals surface area (Å²) in [7, 11) is 1.54. The van der Waals surface area contributed by atoms with Crippen LogP contribution in [0.3, 0.4) is 0 Å². The summed E-state index contributed by atoms with van der Waals surface area (Å²) >= 11 is 5.75. The van der Waals surface area contributed by atoms with Gasteiger partial charge >= 0.3 is 12.1 Å². The van der Waals surface area contributed by atoms with Gasteiger partial charge in [-0.05, 0) is 32.0 Å². The van der Waals surface area contributed by atoms with Crippen molar-refractivity contribution in [2.45, 2.75) is 26.1 Å². The fourth-order valence-corrected chi connectivity index (χ4v) is 3.24. The van der Waals surface area contributed by atoms with Crippen LogP contribution >= 0.6 is 11.6 Å². The van der Waals surface area contributed by atoms with Gasteiger partial charge in [0.15, 0.2) is 5.69 Å². The Kier molecular flexibility index (Phi) is 5.81. The van der Waals surface area contributed by atoms with Gasteiger partial charge in [-0.1, -0.05) is 11.6 Å². The molecule has 3 aromatic heterocycles. The van der Waals surface area contributed by atoms with Gasteiger partial charge in [-0.2, -0.15) is 13.2 Å². The van der Waals surface area contributed by atoms with E-state index in [9.17, 15) is 27.9 Å².